The second kappa shape index (κ2) is 2.56. The van der Waals surface area contributed by atoms with E-state index >= 15 is 0 Å². The maximum atomic E-state index is 10.8. The van der Waals surface area contributed by atoms with Gasteiger partial charge in [-0.3, -0.25) is 4.79 Å². The van der Waals surface area contributed by atoms with E-state index in [1.165, 1.54) is 0 Å². The monoisotopic (exact) mass is 181 g/mol. The lowest BCUT2D eigenvalue weighted by molar-refractivity contribution is -0.124. The van der Waals surface area contributed by atoms with Crippen LogP contribution < -0.4 is 0 Å². The Morgan fingerprint density at radius 3 is 2.54 bits per heavy atom. The summed E-state index contributed by atoms with van der Waals surface area (Å²) in [6.07, 6.45) is 2.81. The molecule has 3 atom stereocenters. The normalized spacial score (nSPS) is 40.8. The summed E-state index contributed by atoms with van der Waals surface area (Å²) in [4.78, 5) is 23.1. The topological polar surface area (TPSA) is 37.4 Å². The van der Waals surface area contributed by atoms with Crippen LogP contribution in [0.25, 0.3) is 0 Å². The molecule has 0 N–H and O–H groups in total. The van der Waals surface area contributed by atoms with Gasteiger partial charge in [0, 0.05) is 6.54 Å². The minimum atomic E-state index is -0.143. The molecule has 0 radical (unpaired) electrons. The van der Waals surface area contributed by atoms with E-state index < -0.39 is 0 Å². The van der Waals surface area contributed by atoms with Crippen molar-refractivity contribution in [2.45, 2.75) is 26.3 Å². The van der Waals surface area contributed by atoms with E-state index in [2.05, 4.69) is 13.8 Å². The number of rotatable bonds is 2. The van der Waals surface area contributed by atoms with Gasteiger partial charge in [0.25, 0.3) is 0 Å². The van der Waals surface area contributed by atoms with Gasteiger partial charge in [-0.15, -0.1) is 0 Å². The quantitative estimate of drug-likeness (QED) is 0.588. The van der Waals surface area contributed by atoms with E-state index in [1.807, 2.05) is 0 Å². The number of aldehydes is 1. The maximum absolute atomic E-state index is 10.8. The van der Waals surface area contributed by atoms with Gasteiger partial charge in [0.05, 0.1) is 6.04 Å². The first kappa shape index (κ1) is 8.73. The third kappa shape index (κ3) is 1.02. The summed E-state index contributed by atoms with van der Waals surface area (Å²) >= 11 is 0. The van der Waals surface area contributed by atoms with Crippen molar-refractivity contribution in [3.05, 3.63) is 0 Å². The molecule has 0 aromatic heterocycles. The van der Waals surface area contributed by atoms with Gasteiger partial charge in [0.2, 0.25) is 6.41 Å². The van der Waals surface area contributed by atoms with Gasteiger partial charge in [-0.2, -0.15) is 0 Å². The van der Waals surface area contributed by atoms with Crippen LogP contribution in [0.2, 0.25) is 0 Å². The molecular formula is C10H15NO2. The summed E-state index contributed by atoms with van der Waals surface area (Å²) in [6, 6.07) is -0.143. The highest BCUT2D eigenvalue weighted by atomic mass is 16.1. The predicted molar refractivity (Wildman–Crippen MR) is 48.0 cm³/mol. The summed E-state index contributed by atoms with van der Waals surface area (Å²) in [5.41, 5.74) is 0.323. The molecule has 2 aliphatic rings. The van der Waals surface area contributed by atoms with E-state index in [-0.39, 0.29) is 6.04 Å². The number of hydrogen-bond donors (Lipinski definition) is 0. The smallest absolute Gasteiger partial charge is 0.210 e. The van der Waals surface area contributed by atoms with Gasteiger partial charge in [-0.25, -0.2) is 0 Å². The van der Waals surface area contributed by atoms with Crippen molar-refractivity contribution in [2.75, 3.05) is 6.54 Å². The number of carbonyl (C=O) groups is 2. The highest BCUT2D eigenvalue weighted by Gasteiger charge is 2.56. The number of hydrogen-bond acceptors (Lipinski definition) is 2. The van der Waals surface area contributed by atoms with E-state index in [4.69, 9.17) is 0 Å². The lowest BCUT2D eigenvalue weighted by Gasteiger charge is -2.48. The predicted octanol–water partition coefficient (Wildman–Crippen LogP) is 0.688. The first-order chi connectivity index (χ1) is 6.10. The summed E-state index contributed by atoms with van der Waals surface area (Å²) < 4.78 is 0. The molecule has 2 rings (SSSR count). The Morgan fingerprint density at radius 2 is 2.08 bits per heavy atom. The molecular weight excluding hydrogens is 166 g/mol. The second-order valence-corrected chi connectivity index (χ2v) is 4.89. The highest BCUT2D eigenvalue weighted by Crippen LogP contribution is 2.56. The van der Waals surface area contributed by atoms with Gasteiger partial charge in [-0.1, -0.05) is 13.8 Å². The standard InChI is InChI=1S/C10H15NO2/c1-10(2)3-7-8(10)4-11(6-13)9(7)5-12/h5-9H,3-4H2,1-2H3/t7-,8-,9+/m0/s1. The Balaban J connectivity index is 2.16. The average molecular weight is 181 g/mol. The number of carbonyl (C=O) groups excluding carboxylic acids is 2. The fourth-order valence-electron chi connectivity index (χ4n) is 2.95. The van der Waals surface area contributed by atoms with Crippen molar-refractivity contribution in [3.63, 3.8) is 0 Å². The molecule has 1 amide bonds. The Hall–Kier alpha value is -0.860. The Labute approximate surface area is 78.1 Å². The maximum Gasteiger partial charge on any atom is 0.210 e. The van der Waals surface area contributed by atoms with Gasteiger partial charge >= 0.3 is 0 Å². The zero-order valence-electron chi connectivity index (χ0n) is 8.06. The minimum absolute atomic E-state index is 0.143. The van der Waals surface area contributed by atoms with Crippen LogP contribution in [-0.4, -0.2) is 30.2 Å². The molecule has 1 aliphatic heterocycles. The molecule has 3 nitrogen and oxygen atoms in total. The zero-order chi connectivity index (χ0) is 9.64. The van der Waals surface area contributed by atoms with Crippen molar-refractivity contribution in [1.29, 1.82) is 0 Å². The first-order valence-corrected chi connectivity index (χ1v) is 4.76. The van der Waals surface area contributed by atoms with Crippen LogP contribution >= 0.6 is 0 Å². The van der Waals surface area contributed by atoms with Crippen LogP contribution in [0, 0.1) is 17.3 Å². The number of nitrogens with zero attached hydrogens (tertiary/aromatic N) is 1. The lowest BCUT2D eigenvalue weighted by atomic mass is 9.56. The zero-order valence-corrected chi connectivity index (χ0v) is 8.06. The lowest BCUT2D eigenvalue weighted by Crippen LogP contribution is -2.45. The molecule has 0 unspecified atom stereocenters. The van der Waals surface area contributed by atoms with Crippen LogP contribution in [0.4, 0.5) is 0 Å². The molecule has 0 bridgehead atoms. The molecule has 0 aromatic carbocycles. The molecule has 2 fully saturated rings. The SMILES string of the molecule is CC1(C)C[C@@H]2[C@@H](C=O)N(C=O)C[C@@H]21. The number of likely N-dealkylation sites (tertiary alicyclic amines) is 1. The van der Waals surface area contributed by atoms with E-state index in [9.17, 15) is 9.59 Å². The fraction of sp³-hybridized carbons (Fsp3) is 0.800. The van der Waals surface area contributed by atoms with Crippen molar-refractivity contribution < 1.29 is 9.59 Å². The molecule has 1 aliphatic carbocycles. The first-order valence-electron chi connectivity index (χ1n) is 4.76. The summed E-state index contributed by atoms with van der Waals surface area (Å²) in [5, 5.41) is 0. The molecule has 1 saturated carbocycles. The van der Waals surface area contributed by atoms with Crippen molar-refractivity contribution in [3.8, 4) is 0 Å². The van der Waals surface area contributed by atoms with E-state index in [1.54, 1.807) is 4.90 Å². The Kier molecular flexibility index (Phi) is 1.72. The van der Waals surface area contributed by atoms with E-state index in [0.29, 0.717) is 17.3 Å². The van der Waals surface area contributed by atoms with Crippen LogP contribution in [0.3, 0.4) is 0 Å². The molecule has 72 valence electrons. The molecule has 0 spiro atoms. The Bertz CT molecular complexity index is 249. The fourth-order valence-corrected chi connectivity index (χ4v) is 2.95. The number of fused-ring (bicyclic) bond motifs is 1. The van der Waals surface area contributed by atoms with Crippen molar-refractivity contribution >= 4 is 12.7 Å². The van der Waals surface area contributed by atoms with Crippen LogP contribution in [-0.2, 0) is 9.59 Å². The molecule has 0 aromatic rings. The van der Waals surface area contributed by atoms with Crippen LogP contribution in [0.1, 0.15) is 20.3 Å². The molecule has 1 heterocycles. The van der Waals surface area contributed by atoms with Crippen molar-refractivity contribution in [1.82, 2.24) is 4.90 Å². The second-order valence-electron chi connectivity index (χ2n) is 4.89. The van der Waals surface area contributed by atoms with Gasteiger partial charge < -0.3 is 9.69 Å². The van der Waals surface area contributed by atoms with Crippen LogP contribution in [0.5, 0.6) is 0 Å². The largest absolute Gasteiger partial charge is 0.335 e. The van der Waals surface area contributed by atoms with Crippen LogP contribution in [0.15, 0.2) is 0 Å². The summed E-state index contributed by atoms with van der Waals surface area (Å²) in [6.45, 7) is 5.19. The van der Waals surface area contributed by atoms with Gasteiger partial charge in [0.15, 0.2) is 0 Å². The Morgan fingerprint density at radius 1 is 1.38 bits per heavy atom. The highest BCUT2D eigenvalue weighted by molar-refractivity contribution is 5.66. The average Bonchev–Trinajstić information content (AvgIpc) is 2.39. The summed E-state index contributed by atoms with van der Waals surface area (Å²) in [5.74, 6) is 0.964. The molecule has 13 heavy (non-hydrogen) atoms. The number of amides is 1. The third-order valence-corrected chi connectivity index (χ3v) is 3.79. The third-order valence-electron chi connectivity index (χ3n) is 3.79. The summed E-state index contributed by atoms with van der Waals surface area (Å²) in [7, 11) is 0. The van der Waals surface area contributed by atoms with E-state index in [0.717, 1.165) is 25.7 Å². The minimum Gasteiger partial charge on any atom is -0.335 e. The molecule has 3 heteroatoms. The van der Waals surface area contributed by atoms with Gasteiger partial charge in [0.1, 0.15) is 6.29 Å². The van der Waals surface area contributed by atoms with Crippen molar-refractivity contribution in [2.24, 2.45) is 17.3 Å². The molecule has 1 saturated heterocycles. The van der Waals surface area contributed by atoms with Gasteiger partial charge in [-0.05, 0) is 23.7 Å².